The summed E-state index contributed by atoms with van der Waals surface area (Å²) in [5.74, 6) is 0. The summed E-state index contributed by atoms with van der Waals surface area (Å²) in [6.45, 7) is 3.02. The summed E-state index contributed by atoms with van der Waals surface area (Å²) in [6, 6.07) is 0. The van der Waals surface area contributed by atoms with Crippen molar-refractivity contribution < 1.29 is 0 Å². The third kappa shape index (κ3) is 17.2. The van der Waals surface area contributed by atoms with Crippen LogP contribution < -0.4 is 5.73 Å². The zero-order valence-electron chi connectivity index (χ0n) is 12.8. The molecule has 0 saturated carbocycles. The van der Waals surface area contributed by atoms with E-state index >= 15 is 0 Å². The van der Waals surface area contributed by atoms with Crippen molar-refractivity contribution in [3.63, 3.8) is 0 Å². The first-order chi connectivity index (χ1) is 9.41. The van der Waals surface area contributed by atoms with Crippen LogP contribution in [0.15, 0.2) is 36.5 Å². The van der Waals surface area contributed by atoms with Crippen LogP contribution in [0.5, 0.6) is 0 Å². The molecule has 0 unspecified atom stereocenters. The highest BCUT2D eigenvalue weighted by atomic mass is 14.5. The molecule has 0 amide bonds. The second-order valence-electron chi connectivity index (χ2n) is 5.02. The van der Waals surface area contributed by atoms with E-state index in [0.717, 1.165) is 25.8 Å². The minimum absolute atomic E-state index is 0.751. The molecule has 0 aliphatic heterocycles. The van der Waals surface area contributed by atoms with Gasteiger partial charge in [0.15, 0.2) is 0 Å². The summed E-state index contributed by atoms with van der Waals surface area (Å²) < 4.78 is 0. The Balaban J connectivity index is 3.22. The smallest absolute Gasteiger partial charge is 0.00426 e. The van der Waals surface area contributed by atoms with Crippen LogP contribution >= 0.6 is 0 Å². The second-order valence-corrected chi connectivity index (χ2v) is 5.02. The van der Waals surface area contributed by atoms with Crippen LogP contribution in [-0.2, 0) is 0 Å². The first kappa shape index (κ1) is 18.2. The third-order valence-electron chi connectivity index (χ3n) is 3.10. The van der Waals surface area contributed by atoms with Crippen LogP contribution in [0, 0.1) is 0 Å². The molecule has 0 spiro atoms. The maximum atomic E-state index is 5.40. The Morgan fingerprint density at radius 2 is 1.16 bits per heavy atom. The van der Waals surface area contributed by atoms with Gasteiger partial charge in [-0.15, -0.1) is 0 Å². The zero-order valence-corrected chi connectivity index (χ0v) is 12.8. The summed E-state index contributed by atoms with van der Waals surface area (Å²) in [5.41, 5.74) is 5.40. The quantitative estimate of drug-likeness (QED) is 0.343. The van der Waals surface area contributed by atoms with Crippen molar-refractivity contribution in [2.24, 2.45) is 5.73 Å². The fourth-order valence-corrected chi connectivity index (χ4v) is 1.92. The van der Waals surface area contributed by atoms with Gasteiger partial charge >= 0.3 is 0 Å². The Labute approximate surface area is 120 Å². The molecule has 0 radical (unpaired) electrons. The third-order valence-corrected chi connectivity index (χ3v) is 3.10. The largest absolute Gasteiger partial charge is 0.330 e. The van der Waals surface area contributed by atoms with Crippen LogP contribution in [0.3, 0.4) is 0 Å². The minimum Gasteiger partial charge on any atom is -0.330 e. The molecular weight excluding hydrogens is 230 g/mol. The van der Waals surface area contributed by atoms with Gasteiger partial charge in [-0.25, -0.2) is 0 Å². The average molecular weight is 263 g/mol. The maximum Gasteiger partial charge on any atom is -0.00426 e. The van der Waals surface area contributed by atoms with Gasteiger partial charge in [-0.05, 0) is 38.6 Å². The molecule has 0 aromatic rings. The van der Waals surface area contributed by atoms with Gasteiger partial charge < -0.3 is 5.73 Å². The molecule has 1 heteroatoms. The lowest BCUT2D eigenvalue weighted by Crippen LogP contribution is -1.94. The molecule has 0 bridgehead atoms. The van der Waals surface area contributed by atoms with E-state index in [-0.39, 0.29) is 0 Å². The van der Waals surface area contributed by atoms with Crippen molar-refractivity contribution in [2.45, 2.75) is 71.1 Å². The van der Waals surface area contributed by atoms with Crippen molar-refractivity contribution >= 4 is 0 Å². The topological polar surface area (TPSA) is 26.0 Å². The minimum atomic E-state index is 0.751. The zero-order chi connectivity index (χ0) is 14.0. The molecule has 0 aromatic heterocycles. The fraction of sp³-hybridized carbons (Fsp3) is 0.667. The Morgan fingerprint density at radius 3 is 1.79 bits per heavy atom. The molecule has 0 aliphatic carbocycles. The maximum absolute atomic E-state index is 5.40. The highest BCUT2D eigenvalue weighted by Crippen LogP contribution is 2.07. The summed E-state index contributed by atoms with van der Waals surface area (Å²) in [4.78, 5) is 0. The average Bonchev–Trinajstić information content (AvgIpc) is 2.43. The molecule has 0 aliphatic rings. The highest BCUT2D eigenvalue weighted by molar-refractivity contribution is 4.97. The van der Waals surface area contributed by atoms with Crippen molar-refractivity contribution in [3.8, 4) is 0 Å². The van der Waals surface area contributed by atoms with Gasteiger partial charge in [0.05, 0.1) is 0 Å². The molecule has 1 nitrogen and oxygen atoms in total. The van der Waals surface area contributed by atoms with Gasteiger partial charge in [0, 0.05) is 0 Å². The Kier molecular flexibility index (Phi) is 16.4. The number of hydrogen-bond acceptors (Lipinski definition) is 1. The van der Waals surface area contributed by atoms with E-state index in [1.807, 2.05) is 0 Å². The number of nitrogens with two attached hydrogens (primary N) is 1. The number of allylic oxidation sites excluding steroid dienone is 5. The van der Waals surface area contributed by atoms with Crippen LogP contribution in [0.25, 0.3) is 0 Å². The van der Waals surface area contributed by atoms with Crippen molar-refractivity contribution in [3.05, 3.63) is 36.5 Å². The van der Waals surface area contributed by atoms with E-state index in [9.17, 15) is 0 Å². The van der Waals surface area contributed by atoms with E-state index in [1.165, 1.54) is 44.9 Å². The van der Waals surface area contributed by atoms with Crippen LogP contribution in [-0.4, -0.2) is 6.54 Å². The van der Waals surface area contributed by atoms with E-state index in [2.05, 4.69) is 43.4 Å². The molecule has 0 saturated heterocycles. The molecular formula is C18H33N. The van der Waals surface area contributed by atoms with Gasteiger partial charge in [-0.1, -0.05) is 75.5 Å². The highest BCUT2D eigenvalue weighted by Gasteiger charge is 1.87. The van der Waals surface area contributed by atoms with E-state index in [4.69, 9.17) is 5.73 Å². The first-order valence-corrected chi connectivity index (χ1v) is 8.06. The van der Waals surface area contributed by atoms with Gasteiger partial charge in [-0.3, -0.25) is 0 Å². The molecule has 19 heavy (non-hydrogen) atoms. The summed E-state index contributed by atoms with van der Waals surface area (Å²) in [7, 11) is 0. The van der Waals surface area contributed by atoms with Crippen molar-refractivity contribution in [1.82, 2.24) is 0 Å². The predicted octanol–water partition coefficient (Wildman–Crippen LogP) is 5.53. The lowest BCUT2D eigenvalue weighted by atomic mass is 10.1. The van der Waals surface area contributed by atoms with E-state index in [0.29, 0.717) is 0 Å². The van der Waals surface area contributed by atoms with Crippen molar-refractivity contribution in [2.75, 3.05) is 6.54 Å². The molecule has 0 fully saturated rings. The summed E-state index contributed by atoms with van der Waals surface area (Å²) >= 11 is 0. The Bertz CT molecular complexity index is 238. The lowest BCUT2D eigenvalue weighted by Gasteiger charge is -1.97. The van der Waals surface area contributed by atoms with E-state index in [1.54, 1.807) is 0 Å². The number of rotatable bonds is 13. The molecule has 2 N–H and O–H groups in total. The summed E-state index contributed by atoms with van der Waals surface area (Å²) in [6.07, 6.45) is 26.1. The van der Waals surface area contributed by atoms with Crippen LogP contribution in [0.1, 0.15) is 71.1 Å². The Morgan fingerprint density at radius 1 is 0.632 bits per heavy atom. The molecule has 0 rings (SSSR count). The monoisotopic (exact) mass is 263 g/mol. The normalized spacial score (nSPS) is 12.3. The molecule has 0 atom stereocenters. The second kappa shape index (κ2) is 17.2. The molecule has 0 aromatic carbocycles. The first-order valence-electron chi connectivity index (χ1n) is 8.06. The number of unbranched alkanes of at least 4 members (excludes halogenated alkanes) is 6. The summed E-state index contributed by atoms with van der Waals surface area (Å²) in [5, 5.41) is 0. The van der Waals surface area contributed by atoms with Gasteiger partial charge in [0.1, 0.15) is 0 Å². The fourth-order valence-electron chi connectivity index (χ4n) is 1.92. The standard InChI is InChI=1S/C18H33N/c1-2-3-4-5-6-7-8-9-10-11-12-13-14-15-16-17-18-19/h9-10,12-13,15-16H,2-8,11,14,17-19H2,1H3. The predicted molar refractivity (Wildman–Crippen MR) is 88.3 cm³/mol. The van der Waals surface area contributed by atoms with Crippen molar-refractivity contribution in [1.29, 1.82) is 0 Å². The number of hydrogen-bond donors (Lipinski definition) is 1. The van der Waals surface area contributed by atoms with E-state index < -0.39 is 0 Å². The van der Waals surface area contributed by atoms with Gasteiger partial charge in [0.25, 0.3) is 0 Å². The van der Waals surface area contributed by atoms with Gasteiger partial charge in [-0.2, -0.15) is 0 Å². The molecule has 110 valence electrons. The molecule has 0 heterocycles. The van der Waals surface area contributed by atoms with Crippen LogP contribution in [0.4, 0.5) is 0 Å². The Hall–Kier alpha value is -0.820. The SMILES string of the molecule is CCCCCCCCC=CCC=CCC=CCCN. The van der Waals surface area contributed by atoms with Gasteiger partial charge in [0.2, 0.25) is 0 Å². The van der Waals surface area contributed by atoms with Crippen LogP contribution in [0.2, 0.25) is 0 Å². The lowest BCUT2D eigenvalue weighted by molar-refractivity contribution is 0.611.